The third-order valence-electron chi connectivity index (χ3n) is 1.84. The number of aliphatic carboxylic acids is 1. The average molecular weight is 204 g/mol. The molecule has 0 bridgehead atoms. The zero-order valence-corrected chi connectivity index (χ0v) is 7.57. The molecule has 6 heteroatoms. The fraction of sp³-hybridized carbons (Fsp3) is 0.500. The van der Waals surface area contributed by atoms with Gasteiger partial charge in [0.1, 0.15) is 5.82 Å². The van der Waals surface area contributed by atoms with Crippen LogP contribution >= 0.6 is 0 Å². The lowest BCUT2D eigenvalue weighted by molar-refractivity contribution is -0.164. The highest BCUT2D eigenvalue weighted by Crippen LogP contribution is 2.19. The summed E-state index contributed by atoms with van der Waals surface area (Å²) in [5.41, 5.74) is 0. The van der Waals surface area contributed by atoms with Crippen LogP contribution in [-0.2, 0) is 17.8 Å². The van der Waals surface area contributed by atoms with Crippen LogP contribution in [0.2, 0.25) is 0 Å². The lowest BCUT2D eigenvalue weighted by Gasteiger charge is -2.11. The van der Waals surface area contributed by atoms with E-state index in [1.54, 1.807) is 6.92 Å². The molecule has 0 spiro atoms. The molecule has 1 rings (SSSR count). The molecule has 0 aliphatic carbocycles. The number of carboxylic acids is 1. The monoisotopic (exact) mass is 204 g/mol. The molecule has 1 aromatic heterocycles. The van der Waals surface area contributed by atoms with Crippen LogP contribution in [0.3, 0.4) is 0 Å². The summed E-state index contributed by atoms with van der Waals surface area (Å²) in [5.74, 6) is -5.79. The molecule has 1 aromatic rings. The van der Waals surface area contributed by atoms with Gasteiger partial charge < -0.3 is 9.67 Å². The molecule has 0 fully saturated rings. The van der Waals surface area contributed by atoms with Crippen molar-refractivity contribution in [3.8, 4) is 0 Å². The highest BCUT2D eigenvalue weighted by atomic mass is 19.3. The summed E-state index contributed by atoms with van der Waals surface area (Å²) in [7, 11) is 0. The van der Waals surface area contributed by atoms with E-state index >= 15 is 0 Å². The Morgan fingerprint density at radius 2 is 2.36 bits per heavy atom. The number of imidazole rings is 1. The summed E-state index contributed by atoms with van der Waals surface area (Å²) in [4.78, 5) is 13.8. The highest BCUT2D eigenvalue weighted by molar-refractivity contribution is 5.75. The minimum absolute atomic E-state index is 0.0832. The van der Waals surface area contributed by atoms with E-state index < -0.39 is 18.3 Å². The Labute approximate surface area is 79.2 Å². The van der Waals surface area contributed by atoms with E-state index in [2.05, 4.69) is 4.98 Å². The quantitative estimate of drug-likeness (QED) is 0.800. The number of carboxylic acid groups (broad SMARTS) is 1. The first-order chi connectivity index (χ1) is 6.47. The Bertz CT molecular complexity index is 336. The molecule has 0 aliphatic rings. The number of carbonyl (C=O) groups is 1. The molecule has 0 amide bonds. The van der Waals surface area contributed by atoms with E-state index in [-0.39, 0.29) is 5.82 Å². The van der Waals surface area contributed by atoms with Crippen LogP contribution < -0.4 is 0 Å². The molecule has 14 heavy (non-hydrogen) atoms. The SMILES string of the molecule is CCn1ccnc1CC(F)(F)C(=O)O. The third-order valence-corrected chi connectivity index (χ3v) is 1.84. The second-order valence-corrected chi connectivity index (χ2v) is 2.82. The average Bonchev–Trinajstić information content (AvgIpc) is 2.50. The molecule has 1 heterocycles. The second kappa shape index (κ2) is 3.73. The van der Waals surface area contributed by atoms with Crippen LogP contribution in [0.15, 0.2) is 12.4 Å². The van der Waals surface area contributed by atoms with Crippen LogP contribution in [0.4, 0.5) is 8.78 Å². The van der Waals surface area contributed by atoms with Gasteiger partial charge >= 0.3 is 11.9 Å². The number of aryl methyl sites for hydroxylation is 1. The second-order valence-electron chi connectivity index (χ2n) is 2.82. The fourth-order valence-corrected chi connectivity index (χ4v) is 1.07. The van der Waals surface area contributed by atoms with Gasteiger partial charge in [0.2, 0.25) is 0 Å². The molecule has 0 aromatic carbocycles. The number of rotatable bonds is 4. The van der Waals surface area contributed by atoms with Crippen molar-refractivity contribution < 1.29 is 18.7 Å². The van der Waals surface area contributed by atoms with Crippen molar-refractivity contribution in [2.24, 2.45) is 0 Å². The summed E-state index contributed by atoms with van der Waals surface area (Å²) in [5, 5.41) is 8.22. The molecule has 1 N–H and O–H groups in total. The summed E-state index contributed by atoms with van der Waals surface area (Å²) in [6, 6.07) is 0. The minimum atomic E-state index is -3.75. The molecule has 0 radical (unpaired) electrons. The van der Waals surface area contributed by atoms with Crippen molar-refractivity contribution in [3.63, 3.8) is 0 Å². The lowest BCUT2D eigenvalue weighted by Crippen LogP contribution is -2.31. The number of hydrogen-bond acceptors (Lipinski definition) is 2. The Kier molecular flexibility index (Phi) is 2.83. The normalized spacial score (nSPS) is 11.6. The maximum atomic E-state index is 12.8. The van der Waals surface area contributed by atoms with Crippen molar-refractivity contribution in [3.05, 3.63) is 18.2 Å². The van der Waals surface area contributed by atoms with Gasteiger partial charge in [-0.3, -0.25) is 0 Å². The van der Waals surface area contributed by atoms with Gasteiger partial charge in [-0.2, -0.15) is 8.78 Å². The van der Waals surface area contributed by atoms with Crippen molar-refractivity contribution in [2.45, 2.75) is 25.8 Å². The van der Waals surface area contributed by atoms with Crippen molar-refractivity contribution in [1.82, 2.24) is 9.55 Å². The smallest absolute Gasteiger partial charge is 0.375 e. The first-order valence-electron chi connectivity index (χ1n) is 4.08. The zero-order chi connectivity index (χ0) is 10.8. The van der Waals surface area contributed by atoms with E-state index in [1.807, 2.05) is 0 Å². The van der Waals surface area contributed by atoms with Crippen LogP contribution in [-0.4, -0.2) is 26.5 Å². The molecule has 78 valence electrons. The summed E-state index contributed by atoms with van der Waals surface area (Å²) < 4.78 is 27.0. The van der Waals surface area contributed by atoms with Gasteiger partial charge in [-0.1, -0.05) is 0 Å². The van der Waals surface area contributed by atoms with Crippen molar-refractivity contribution >= 4 is 5.97 Å². The number of alkyl halides is 2. The van der Waals surface area contributed by atoms with Gasteiger partial charge in [0.25, 0.3) is 0 Å². The van der Waals surface area contributed by atoms with E-state index in [9.17, 15) is 13.6 Å². The zero-order valence-electron chi connectivity index (χ0n) is 7.57. The van der Waals surface area contributed by atoms with Crippen molar-refractivity contribution in [1.29, 1.82) is 0 Å². The van der Waals surface area contributed by atoms with Crippen LogP contribution in [0.5, 0.6) is 0 Å². The van der Waals surface area contributed by atoms with Crippen LogP contribution in [0.25, 0.3) is 0 Å². The predicted molar refractivity (Wildman–Crippen MR) is 44.2 cm³/mol. The lowest BCUT2D eigenvalue weighted by atomic mass is 10.2. The van der Waals surface area contributed by atoms with Gasteiger partial charge in [0.15, 0.2) is 0 Å². The first-order valence-corrected chi connectivity index (χ1v) is 4.08. The van der Waals surface area contributed by atoms with Crippen LogP contribution in [0.1, 0.15) is 12.7 Å². The summed E-state index contributed by atoms with van der Waals surface area (Å²) >= 11 is 0. The molecule has 0 saturated heterocycles. The predicted octanol–water partition coefficient (Wildman–Crippen LogP) is 1.17. The summed E-state index contributed by atoms with van der Waals surface area (Å²) in [6.45, 7) is 2.26. The Balaban J connectivity index is 2.83. The largest absolute Gasteiger partial charge is 0.477 e. The Hall–Kier alpha value is -1.46. The Morgan fingerprint density at radius 1 is 1.71 bits per heavy atom. The van der Waals surface area contributed by atoms with E-state index in [0.29, 0.717) is 6.54 Å². The maximum Gasteiger partial charge on any atom is 0.375 e. The van der Waals surface area contributed by atoms with E-state index in [1.165, 1.54) is 17.0 Å². The molecule has 0 saturated carbocycles. The van der Waals surface area contributed by atoms with Crippen molar-refractivity contribution in [2.75, 3.05) is 0 Å². The van der Waals surface area contributed by atoms with E-state index in [4.69, 9.17) is 5.11 Å². The molecular formula is C8H10F2N2O2. The molecule has 0 unspecified atom stereocenters. The first kappa shape index (κ1) is 10.6. The van der Waals surface area contributed by atoms with Gasteiger partial charge in [0, 0.05) is 18.9 Å². The Morgan fingerprint density at radius 3 is 2.86 bits per heavy atom. The van der Waals surface area contributed by atoms with Gasteiger partial charge in [0.05, 0.1) is 6.42 Å². The number of nitrogens with zero attached hydrogens (tertiary/aromatic N) is 2. The van der Waals surface area contributed by atoms with Gasteiger partial charge in [-0.05, 0) is 6.92 Å². The third kappa shape index (κ3) is 2.07. The molecule has 0 aliphatic heterocycles. The summed E-state index contributed by atoms with van der Waals surface area (Å²) in [6.07, 6.45) is 2.03. The number of aromatic nitrogens is 2. The standard InChI is InChI=1S/C8H10F2N2O2/c1-2-12-4-3-11-6(12)5-8(9,10)7(13)14/h3-4H,2,5H2,1H3,(H,13,14). The highest BCUT2D eigenvalue weighted by Gasteiger charge is 2.40. The topological polar surface area (TPSA) is 55.1 Å². The van der Waals surface area contributed by atoms with Crippen LogP contribution in [0, 0.1) is 0 Å². The maximum absolute atomic E-state index is 12.8. The minimum Gasteiger partial charge on any atom is -0.477 e. The van der Waals surface area contributed by atoms with E-state index in [0.717, 1.165) is 0 Å². The fourth-order valence-electron chi connectivity index (χ4n) is 1.07. The molecule has 0 atom stereocenters. The molecular weight excluding hydrogens is 194 g/mol. The number of hydrogen-bond donors (Lipinski definition) is 1. The van der Waals surface area contributed by atoms with Gasteiger partial charge in [-0.25, -0.2) is 9.78 Å². The molecule has 4 nitrogen and oxygen atoms in total. The number of halogens is 2. The van der Waals surface area contributed by atoms with Gasteiger partial charge in [-0.15, -0.1) is 0 Å².